The van der Waals surface area contributed by atoms with Gasteiger partial charge >= 0.3 is 6.01 Å². The third-order valence-corrected chi connectivity index (χ3v) is 4.75. The number of hydrogen-bond donors (Lipinski definition) is 2. The van der Waals surface area contributed by atoms with Crippen molar-refractivity contribution < 1.29 is 13.9 Å². The van der Waals surface area contributed by atoms with Gasteiger partial charge in [-0.15, -0.1) is 0 Å². The molecule has 0 unspecified atom stereocenters. The summed E-state index contributed by atoms with van der Waals surface area (Å²) in [6.45, 7) is 6.27. The van der Waals surface area contributed by atoms with Gasteiger partial charge in [-0.2, -0.15) is 15.0 Å². The van der Waals surface area contributed by atoms with E-state index in [2.05, 4.69) is 30.6 Å². The maximum atomic E-state index is 12.5. The van der Waals surface area contributed by atoms with E-state index in [4.69, 9.17) is 20.8 Å². The van der Waals surface area contributed by atoms with Gasteiger partial charge in [0.25, 0.3) is 5.91 Å². The highest BCUT2D eigenvalue weighted by molar-refractivity contribution is 6.34. The molecule has 1 aliphatic rings. The standard InChI is InChI=1S/C19H20ClN7O3/c1-11-4-3-5-13(20)15(11)24-16(28)14-10-21-19(30-14)26-17-22-12(2)23-18(25-17)27-6-8-29-9-7-27/h3-5,10H,6-9H2,1-2H3,(H,24,28)(H,21,22,23,25,26). The van der Waals surface area contributed by atoms with Crippen LogP contribution in [0.15, 0.2) is 28.8 Å². The molecule has 0 bridgehead atoms. The summed E-state index contributed by atoms with van der Waals surface area (Å²) >= 11 is 6.16. The molecular weight excluding hydrogens is 410 g/mol. The van der Waals surface area contributed by atoms with E-state index in [1.165, 1.54) is 6.20 Å². The second-order valence-corrected chi connectivity index (χ2v) is 7.05. The number of carbonyl (C=O) groups excluding carboxylic acids is 1. The van der Waals surface area contributed by atoms with E-state index < -0.39 is 5.91 Å². The highest BCUT2D eigenvalue weighted by Crippen LogP contribution is 2.26. The second kappa shape index (κ2) is 8.64. The number of benzene rings is 1. The predicted molar refractivity (Wildman–Crippen MR) is 112 cm³/mol. The number of carbonyl (C=O) groups is 1. The molecule has 3 heterocycles. The molecule has 0 spiro atoms. The fourth-order valence-corrected chi connectivity index (χ4v) is 3.20. The Morgan fingerprint density at radius 3 is 2.73 bits per heavy atom. The third kappa shape index (κ3) is 4.50. The van der Waals surface area contributed by atoms with Crippen LogP contribution >= 0.6 is 11.6 Å². The lowest BCUT2D eigenvalue weighted by molar-refractivity contribution is 0.0997. The number of oxazole rings is 1. The van der Waals surface area contributed by atoms with Gasteiger partial charge in [0.1, 0.15) is 5.82 Å². The predicted octanol–water partition coefficient (Wildman–Crippen LogP) is 2.96. The van der Waals surface area contributed by atoms with E-state index in [1.807, 2.05) is 24.0 Å². The number of nitrogens with zero attached hydrogens (tertiary/aromatic N) is 5. The molecular formula is C19H20ClN7O3. The number of halogens is 1. The number of aryl methyl sites for hydroxylation is 2. The number of para-hydroxylation sites is 1. The minimum absolute atomic E-state index is 0.0241. The Bertz CT molecular complexity index is 1050. The van der Waals surface area contributed by atoms with Gasteiger partial charge in [0.15, 0.2) is 0 Å². The van der Waals surface area contributed by atoms with Crippen molar-refractivity contribution >= 4 is 41.1 Å². The van der Waals surface area contributed by atoms with E-state index in [9.17, 15) is 4.79 Å². The van der Waals surface area contributed by atoms with Crippen molar-refractivity contribution in [3.05, 3.63) is 46.6 Å². The number of aromatic nitrogens is 4. The van der Waals surface area contributed by atoms with E-state index in [1.54, 1.807) is 13.0 Å². The maximum absolute atomic E-state index is 12.5. The lowest BCUT2D eigenvalue weighted by Crippen LogP contribution is -2.37. The zero-order valence-corrected chi connectivity index (χ0v) is 17.2. The van der Waals surface area contributed by atoms with E-state index in [0.717, 1.165) is 5.56 Å². The van der Waals surface area contributed by atoms with Crippen molar-refractivity contribution in [2.45, 2.75) is 13.8 Å². The van der Waals surface area contributed by atoms with Crippen molar-refractivity contribution in [1.29, 1.82) is 0 Å². The molecule has 156 valence electrons. The van der Waals surface area contributed by atoms with Gasteiger partial charge in [0.2, 0.25) is 17.7 Å². The summed E-state index contributed by atoms with van der Waals surface area (Å²) in [5.74, 6) is 0.933. The van der Waals surface area contributed by atoms with E-state index in [-0.39, 0.29) is 17.7 Å². The molecule has 1 amide bonds. The summed E-state index contributed by atoms with van der Waals surface area (Å²) in [4.78, 5) is 31.7. The van der Waals surface area contributed by atoms with Gasteiger partial charge in [-0.1, -0.05) is 23.7 Å². The van der Waals surface area contributed by atoms with Crippen molar-refractivity contribution in [3.8, 4) is 0 Å². The minimum Gasteiger partial charge on any atom is -0.418 e. The van der Waals surface area contributed by atoms with Gasteiger partial charge in [0, 0.05) is 13.1 Å². The number of rotatable bonds is 5. The van der Waals surface area contributed by atoms with Crippen LogP contribution in [0.1, 0.15) is 21.9 Å². The Kier molecular flexibility index (Phi) is 5.77. The number of morpholine rings is 1. The van der Waals surface area contributed by atoms with Gasteiger partial charge < -0.3 is 19.4 Å². The minimum atomic E-state index is -0.465. The van der Waals surface area contributed by atoms with Gasteiger partial charge in [-0.3, -0.25) is 10.1 Å². The molecule has 3 aromatic rings. The fourth-order valence-electron chi connectivity index (χ4n) is 2.93. The van der Waals surface area contributed by atoms with Gasteiger partial charge in [-0.05, 0) is 25.5 Å². The van der Waals surface area contributed by atoms with Crippen LogP contribution in [0, 0.1) is 13.8 Å². The fraction of sp³-hybridized carbons (Fsp3) is 0.316. The van der Waals surface area contributed by atoms with Crippen LogP contribution in [0.25, 0.3) is 0 Å². The first kappa shape index (κ1) is 20.0. The Morgan fingerprint density at radius 2 is 1.97 bits per heavy atom. The van der Waals surface area contributed by atoms with E-state index in [0.29, 0.717) is 48.8 Å². The summed E-state index contributed by atoms with van der Waals surface area (Å²) in [5, 5.41) is 6.07. The molecule has 11 heteroatoms. The molecule has 10 nitrogen and oxygen atoms in total. The summed E-state index contributed by atoms with van der Waals surface area (Å²) in [7, 11) is 0. The SMILES string of the molecule is Cc1nc(Nc2ncc(C(=O)Nc3c(C)cccc3Cl)o2)nc(N2CCOCC2)n1. The molecule has 1 saturated heterocycles. The Labute approximate surface area is 177 Å². The molecule has 1 fully saturated rings. The summed E-state index contributed by atoms with van der Waals surface area (Å²) < 4.78 is 10.9. The molecule has 30 heavy (non-hydrogen) atoms. The van der Waals surface area contributed by atoms with Crippen LogP contribution in [0.3, 0.4) is 0 Å². The first-order valence-corrected chi connectivity index (χ1v) is 9.72. The molecule has 0 aliphatic carbocycles. The van der Waals surface area contributed by atoms with Crippen LogP contribution < -0.4 is 15.5 Å². The zero-order valence-electron chi connectivity index (χ0n) is 16.5. The molecule has 0 atom stereocenters. The van der Waals surface area contributed by atoms with Gasteiger partial charge in [-0.25, -0.2) is 4.98 Å². The van der Waals surface area contributed by atoms with Gasteiger partial charge in [0.05, 0.1) is 30.1 Å². The van der Waals surface area contributed by atoms with Crippen LogP contribution in [-0.4, -0.2) is 52.1 Å². The van der Waals surface area contributed by atoms with Crippen molar-refractivity contribution in [1.82, 2.24) is 19.9 Å². The van der Waals surface area contributed by atoms with Crippen molar-refractivity contribution in [2.75, 3.05) is 41.8 Å². The number of hydrogen-bond acceptors (Lipinski definition) is 9. The highest BCUT2D eigenvalue weighted by Gasteiger charge is 2.18. The Hall–Kier alpha value is -3.24. The van der Waals surface area contributed by atoms with Crippen molar-refractivity contribution in [2.24, 2.45) is 0 Å². The summed E-state index contributed by atoms with van der Waals surface area (Å²) in [6, 6.07) is 5.46. The lowest BCUT2D eigenvalue weighted by Gasteiger charge is -2.26. The maximum Gasteiger partial charge on any atom is 0.302 e. The van der Waals surface area contributed by atoms with Crippen molar-refractivity contribution in [3.63, 3.8) is 0 Å². The molecule has 1 aromatic carbocycles. The molecule has 0 saturated carbocycles. The number of anilines is 4. The smallest absolute Gasteiger partial charge is 0.302 e. The zero-order chi connectivity index (χ0) is 21.1. The Balaban J connectivity index is 1.48. The molecule has 1 aliphatic heterocycles. The largest absolute Gasteiger partial charge is 0.418 e. The topological polar surface area (TPSA) is 118 Å². The number of nitrogens with one attached hydrogen (secondary N) is 2. The summed E-state index contributed by atoms with van der Waals surface area (Å²) in [6.07, 6.45) is 1.32. The van der Waals surface area contributed by atoms with Crippen LogP contribution in [0.2, 0.25) is 5.02 Å². The number of ether oxygens (including phenoxy) is 1. The normalized spacial score (nSPS) is 13.9. The molecule has 0 radical (unpaired) electrons. The molecule has 2 N–H and O–H groups in total. The average molecular weight is 430 g/mol. The monoisotopic (exact) mass is 429 g/mol. The average Bonchev–Trinajstić information content (AvgIpc) is 3.19. The first-order valence-electron chi connectivity index (χ1n) is 9.34. The van der Waals surface area contributed by atoms with Crippen LogP contribution in [0.4, 0.5) is 23.6 Å². The molecule has 4 rings (SSSR count). The number of amides is 1. The quantitative estimate of drug-likeness (QED) is 0.630. The highest BCUT2D eigenvalue weighted by atomic mass is 35.5. The van der Waals surface area contributed by atoms with Crippen LogP contribution in [0.5, 0.6) is 0 Å². The first-order chi connectivity index (χ1) is 14.5. The van der Waals surface area contributed by atoms with E-state index >= 15 is 0 Å². The Morgan fingerprint density at radius 1 is 1.17 bits per heavy atom. The third-order valence-electron chi connectivity index (χ3n) is 4.44. The lowest BCUT2D eigenvalue weighted by atomic mass is 10.2. The van der Waals surface area contributed by atoms with Crippen LogP contribution in [-0.2, 0) is 4.74 Å². The second-order valence-electron chi connectivity index (χ2n) is 6.65. The molecule has 2 aromatic heterocycles. The summed E-state index contributed by atoms with van der Waals surface area (Å²) in [5.41, 5.74) is 1.36.